The molecular weight excluding hydrogens is 270 g/mol. The lowest BCUT2D eigenvalue weighted by atomic mass is 9.74. The summed E-state index contributed by atoms with van der Waals surface area (Å²) in [6.07, 6.45) is 5.29. The highest BCUT2D eigenvalue weighted by Crippen LogP contribution is 2.45. The molecule has 0 unspecified atom stereocenters. The van der Waals surface area contributed by atoms with Gasteiger partial charge in [-0.2, -0.15) is 0 Å². The van der Waals surface area contributed by atoms with Crippen LogP contribution in [0.25, 0.3) is 0 Å². The molecule has 1 N–H and O–H groups in total. The first-order valence-corrected chi connectivity index (χ1v) is 9.05. The normalized spacial score (nSPS) is 24.0. The van der Waals surface area contributed by atoms with E-state index in [9.17, 15) is 0 Å². The minimum absolute atomic E-state index is 0.393. The number of hydrogen-bond donors (Lipinski definition) is 1. The molecule has 4 rings (SSSR count). The maximum atomic E-state index is 3.72. The molecule has 2 fully saturated rings. The van der Waals surface area contributed by atoms with Gasteiger partial charge in [0, 0.05) is 42.5 Å². The molecular formula is C19H29N3. The molecule has 3 heteroatoms. The monoisotopic (exact) mass is 299 g/mol. The van der Waals surface area contributed by atoms with Gasteiger partial charge in [0.15, 0.2) is 0 Å². The SMILES string of the molecule is CC(C)N1CCC2(CC1)CNc1cc(N3CCCC3)ccc12. The van der Waals surface area contributed by atoms with Gasteiger partial charge in [-0.25, -0.2) is 0 Å². The summed E-state index contributed by atoms with van der Waals surface area (Å²) in [5.41, 5.74) is 4.80. The standard InChI is InChI=1S/C19H29N3/c1-15(2)21-11-7-19(8-12-21)14-20-18-13-16(5-6-17(18)19)22-9-3-4-10-22/h5-6,13,15,20H,3-4,7-12,14H2,1-2H3. The van der Waals surface area contributed by atoms with E-state index in [0.29, 0.717) is 11.5 Å². The third-order valence-corrected chi connectivity index (χ3v) is 6.15. The van der Waals surface area contributed by atoms with Gasteiger partial charge in [-0.3, -0.25) is 0 Å². The molecule has 1 aromatic carbocycles. The van der Waals surface area contributed by atoms with Gasteiger partial charge in [-0.1, -0.05) is 6.07 Å². The van der Waals surface area contributed by atoms with Crippen LogP contribution in [0.4, 0.5) is 11.4 Å². The van der Waals surface area contributed by atoms with E-state index < -0.39 is 0 Å². The number of nitrogens with one attached hydrogen (secondary N) is 1. The van der Waals surface area contributed by atoms with E-state index in [4.69, 9.17) is 0 Å². The average Bonchev–Trinajstić information content (AvgIpc) is 3.17. The predicted octanol–water partition coefficient (Wildman–Crippen LogP) is 3.45. The van der Waals surface area contributed by atoms with E-state index in [1.165, 1.54) is 63.2 Å². The molecule has 0 atom stereocenters. The summed E-state index contributed by atoms with van der Waals surface area (Å²) in [7, 11) is 0. The van der Waals surface area contributed by atoms with Crippen molar-refractivity contribution < 1.29 is 0 Å². The molecule has 3 aliphatic heterocycles. The van der Waals surface area contributed by atoms with Crippen molar-refractivity contribution in [2.75, 3.05) is 42.9 Å². The largest absolute Gasteiger partial charge is 0.384 e. The molecule has 0 amide bonds. The van der Waals surface area contributed by atoms with Gasteiger partial charge in [-0.15, -0.1) is 0 Å². The zero-order valence-corrected chi connectivity index (χ0v) is 14.1. The Morgan fingerprint density at radius 1 is 1.05 bits per heavy atom. The van der Waals surface area contributed by atoms with Gasteiger partial charge >= 0.3 is 0 Å². The first-order valence-electron chi connectivity index (χ1n) is 9.05. The van der Waals surface area contributed by atoms with Crippen LogP contribution in [0, 0.1) is 0 Å². The maximum Gasteiger partial charge on any atom is 0.0400 e. The van der Waals surface area contributed by atoms with Crippen molar-refractivity contribution in [3.63, 3.8) is 0 Å². The van der Waals surface area contributed by atoms with Crippen LogP contribution in [0.1, 0.15) is 45.1 Å². The average molecular weight is 299 g/mol. The van der Waals surface area contributed by atoms with Crippen LogP contribution in [0.5, 0.6) is 0 Å². The van der Waals surface area contributed by atoms with Crippen LogP contribution < -0.4 is 10.2 Å². The van der Waals surface area contributed by atoms with Crippen LogP contribution in [0.15, 0.2) is 18.2 Å². The second-order valence-electron chi connectivity index (χ2n) is 7.69. The van der Waals surface area contributed by atoms with Crippen molar-refractivity contribution in [1.29, 1.82) is 0 Å². The van der Waals surface area contributed by atoms with Crippen molar-refractivity contribution >= 4 is 11.4 Å². The van der Waals surface area contributed by atoms with Crippen molar-refractivity contribution in [3.8, 4) is 0 Å². The zero-order valence-electron chi connectivity index (χ0n) is 14.1. The first-order chi connectivity index (χ1) is 10.7. The highest BCUT2D eigenvalue weighted by molar-refractivity contribution is 5.68. The zero-order chi connectivity index (χ0) is 15.2. The smallest absolute Gasteiger partial charge is 0.0400 e. The Bertz CT molecular complexity index is 538. The quantitative estimate of drug-likeness (QED) is 0.902. The Kier molecular flexibility index (Phi) is 3.56. The van der Waals surface area contributed by atoms with Crippen LogP contribution in [0.3, 0.4) is 0 Å². The van der Waals surface area contributed by atoms with E-state index in [0.717, 1.165) is 6.54 Å². The third kappa shape index (κ3) is 2.30. The Labute approximate surface area is 134 Å². The van der Waals surface area contributed by atoms with Crippen molar-refractivity contribution in [3.05, 3.63) is 23.8 Å². The summed E-state index contributed by atoms with van der Waals surface area (Å²) in [5.74, 6) is 0. The molecule has 3 aliphatic rings. The molecule has 2 saturated heterocycles. The van der Waals surface area contributed by atoms with Gasteiger partial charge < -0.3 is 15.1 Å². The molecule has 22 heavy (non-hydrogen) atoms. The van der Waals surface area contributed by atoms with Gasteiger partial charge in [0.05, 0.1) is 0 Å². The second kappa shape index (κ2) is 5.45. The van der Waals surface area contributed by atoms with E-state index in [1.807, 2.05) is 0 Å². The lowest BCUT2D eigenvalue weighted by Gasteiger charge is -2.41. The second-order valence-corrected chi connectivity index (χ2v) is 7.69. The number of piperidine rings is 1. The fourth-order valence-electron chi connectivity index (χ4n) is 4.59. The minimum atomic E-state index is 0.393. The lowest BCUT2D eigenvalue weighted by molar-refractivity contribution is 0.137. The number of fused-ring (bicyclic) bond motifs is 2. The number of rotatable bonds is 2. The Morgan fingerprint density at radius 2 is 1.77 bits per heavy atom. The maximum absolute atomic E-state index is 3.72. The molecule has 1 spiro atoms. The Balaban J connectivity index is 1.55. The molecule has 0 aromatic heterocycles. The highest BCUT2D eigenvalue weighted by atomic mass is 15.2. The fraction of sp³-hybridized carbons (Fsp3) is 0.684. The summed E-state index contributed by atoms with van der Waals surface area (Å²) in [6.45, 7) is 10.7. The van der Waals surface area contributed by atoms with E-state index in [-0.39, 0.29) is 0 Å². The van der Waals surface area contributed by atoms with Crippen LogP contribution in [0.2, 0.25) is 0 Å². The summed E-state index contributed by atoms with van der Waals surface area (Å²) in [6, 6.07) is 7.88. The molecule has 120 valence electrons. The fourth-order valence-corrected chi connectivity index (χ4v) is 4.59. The first kappa shape index (κ1) is 14.4. The minimum Gasteiger partial charge on any atom is -0.384 e. The van der Waals surface area contributed by atoms with Crippen LogP contribution in [-0.4, -0.2) is 43.7 Å². The van der Waals surface area contributed by atoms with Crippen LogP contribution in [-0.2, 0) is 5.41 Å². The van der Waals surface area contributed by atoms with Gasteiger partial charge in [0.25, 0.3) is 0 Å². The van der Waals surface area contributed by atoms with E-state index in [1.54, 1.807) is 5.56 Å². The number of hydrogen-bond acceptors (Lipinski definition) is 3. The number of benzene rings is 1. The van der Waals surface area contributed by atoms with Crippen LogP contribution >= 0.6 is 0 Å². The van der Waals surface area contributed by atoms with Gasteiger partial charge in [0.2, 0.25) is 0 Å². The summed E-state index contributed by atoms with van der Waals surface area (Å²) < 4.78 is 0. The molecule has 0 aliphatic carbocycles. The van der Waals surface area contributed by atoms with Gasteiger partial charge in [0.1, 0.15) is 0 Å². The third-order valence-electron chi connectivity index (χ3n) is 6.15. The van der Waals surface area contributed by atoms with E-state index in [2.05, 4.69) is 47.2 Å². The summed E-state index contributed by atoms with van der Waals surface area (Å²) in [4.78, 5) is 5.16. The summed E-state index contributed by atoms with van der Waals surface area (Å²) in [5, 5.41) is 3.72. The lowest BCUT2D eigenvalue weighted by Crippen LogP contribution is -2.46. The molecule has 0 radical (unpaired) electrons. The number of anilines is 2. The predicted molar refractivity (Wildman–Crippen MR) is 94.0 cm³/mol. The Morgan fingerprint density at radius 3 is 2.45 bits per heavy atom. The molecule has 3 heterocycles. The highest BCUT2D eigenvalue weighted by Gasteiger charge is 2.41. The molecule has 0 bridgehead atoms. The number of likely N-dealkylation sites (tertiary alicyclic amines) is 1. The van der Waals surface area contributed by atoms with Crippen molar-refractivity contribution in [1.82, 2.24) is 4.90 Å². The Hall–Kier alpha value is -1.22. The molecule has 0 saturated carbocycles. The molecule has 3 nitrogen and oxygen atoms in total. The van der Waals surface area contributed by atoms with E-state index >= 15 is 0 Å². The topological polar surface area (TPSA) is 18.5 Å². The van der Waals surface area contributed by atoms with Crippen molar-refractivity contribution in [2.24, 2.45) is 0 Å². The summed E-state index contributed by atoms with van der Waals surface area (Å²) >= 11 is 0. The van der Waals surface area contributed by atoms with Gasteiger partial charge in [-0.05, 0) is 70.3 Å². The number of nitrogens with zero attached hydrogens (tertiary/aromatic N) is 2. The molecule has 1 aromatic rings. The van der Waals surface area contributed by atoms with Crippen molar-refractivity contribution in [2.45, 2.75) is 51.0 Å².